The Bertz CT molecular complexity index is 331. The number of rotatable bonds is 5. The van der Waals surface area contributed by atoms with Crippen LogP contribution in [0.25, 0.3) is 0 Å². The molecule has 0 atom stereocenters. The highest BCUT2D eigenvalue weighted by Crippen LogP contribution is 2.46. The van der Waals surface area contributed by atoms with Gasteiger partial charge in [-0.1, -0.05) is 32.9 Å². The van der Waals surface area contributed by atoms with Crippen LogP contribution in [0.5, 0.6) is 0 Å². The predicted molar refractivity (Wildman–Crippen MR) is 66.7 cm³/mol. The maximum absolute atomic E-state index is 12.0. The molecular weight excluding hydrogens is 218 g/mol. The van der Waals surface area contributed by atoms with Gasteiger partial charge in [0.2, 0.25) is 5.91 Å². The Kier molecular flexibility index (Phi) is 3.69. The second-order valence-corrected chi connectivity index (χ2v) is 5.89. The van der Waals surface area contributed by atoms with Gasteiger partial charge in [-0.2, -0.15) is 0 Å². The molecule has 17 heavy (non-hydrogen) atoms. The number of hydrogen-bond acceptors (Lipinski definition) is 3. The molecule has 0 radical (unpaired) electrons. The molecular formula is C12H23N3O2. The molecule has 0 aromatic carbocycles. The van der Waals surface area contributed by atoms with Crippen molar-refractivity contribution in [3.63, 3.8) is 0 Å². The quantitative estimate of drug-likeness (QED) is 0.293. The van der Waals surface area contributed by atoms with E-state index in [0.717, 1.165) is 0 Å². The highest BCUT2D eigenvalue weighted by molar-refractivity contribution is 6.09. The minimum atomic E-state index is -0.748. The number of amides is 1. The number of hydrogen-bond donors (Lipinski definition) is 3. The van der Waals surface area contributed by atoms with Gasteiger partial charge in [-0.25, -0.2) is 0 Å². The second kappa shape index (κ2) is 4.55. The van der Waals surface area contributed by atoms with Gasteiger partial charge < -0.3 is 16.3 Å². The van der Waals surface area contributed by atoms with Crippen molar-refractivity contribution >= 4 is 11.7 Å². The summed E-state index contributed by atoms with van der Waals surface area (Å²) < 4.78 is 0. The zero-order chi connectivity index (χ0) is 13.3. The predicted octanol–water partition coefficient (Wildman–Crippen LogP) is 1.31. The Hall–Kier alpha value is -1.26. The molecule has 4 N–H and O–H groups in total. The van der Waals surface area contributed by atoms with Crippen molar-refractivity contribution in [3.05, 3.63) is 0 Å². The molecule has 1 fully saturated rings. The summed E-state index contributed by atoms with van der Waals surface area (Å²) in [4.78, 5) is 12.0. The first kappa shape index (κ1) is 13.8. The number of amidine groups is 1. The van der Waals surface area contributed by atoms with E-state index < -0.39 is 5.41 Å². The van der Waals surface area contributed by atoms with Crippen molar-refractivity contribution in [2.75, 3.05) is 6.54 Å². The molecule has 0 spiro atoms. The lowest BCUT2D eigenvalue weighted by atomic mass is 9.81. The average Bonchev–Trinajstić information content (AvgIpc) is 3.05. The van der Waals surface area contributed by atoms with Gasteiger partial charge in [0.15, 0.2) is 5.84 Å². The summed E-state index contributed by atoms with van der Waals surface area (Å²) in [7, 11) is 0. The van der Waals surface area contributed by atoms with Gasteiger partial charge in [0.1, 0.15) is 5.41 Å². The van der Waals surface area contributed by atoms with E-state index in [2.05, 4.69) is 38.2 Å². The largest absolute Gasteiger partial charge is 0.409 e. The Labute approximate surface area is 102 Å². The summed E-state index contributed by atoms with van der Waals surface area (Å²) in [5.41, 5.74) is 4.84. The summed E-state index contributed by atoms with van der Waals surface area (Å²) in [5.74, 6) is 0.376. The number of carbonyl (C=O) groups is 1. The maximum Gasteiger partial charge on any atom is 0.233 e. The van der Waals surface area contributed by atoms with Crippen LogP contribution >= 0.6 is 0 Å². The SMILES string of the molecule is CC(C)C(C)(C)CNC(=O)C1(C(N)=NO)CC1. The van der Waals surface area contributed by atoms with Gasteiger partial charge >= 0.3 is 0 Å². The molecule has 0 saturated heterocycles. The lowest BCUT2D eigenvalue weighted by Crippen LogP contribution is -2.45. The van der Waals surface area contributed by atoms with Crippen LogP contribution in [0, 0.1) is 16.7 Å². The summed E-state index contributed by atoms with van der Waals surface area (Å²) >= 11 is 0. The minimum absolute atomic E-state index is 0.0253. The van der Waals surface area contributed by atoms with Crippen LogP contribution in [0.3, 0.4) is 0 Å². The third-order valence-electron chi connectivity index (χ3n) is 4.05. The number of nitrogens with zero attached hydrogens (tertiary/aromatic N) is 1. The number of carbonyl (C=O) groups excluding carboxylic acids is 1. The normalized spacial score (nSPS) is 19.2. The number of nitrogens with one attached hydrogen (secondary N) is 1. The van der Waals surface area contributed by atoms with Gasteiger partial charge in [-0.15, -0.1) is 0 Å². The zero-order valence-electron chi connectivity index (χ0n) is 11.1. The highest BCUT2D eigenvalue weighted by atomic mass is 16.4. The monoisotopic (exact) mass is 241 g/mol. The van der Waals surface area contributed by atoms with Gasteiger partial charge in [-0.3, -0.25) is 4.79 Å². The van der Waals surface area contributed by atoms with Crippen LogP contribution < -0.4 is 11.1 Å². The minimum Gasteiger partial charge on any atom is -0.409 e. The van der Waals surface area contributed by atoms with Crippen molar-refractivity contribution in [2.45, 2.75) is 40.5 Å². The Morgan fingerprint density at radius 2 is 2.06 bits per heavy atom. The molecule has 1 rings (SSSR count). The Morgan fingerprint density at radius 1 is 1.53 bits per heavy atom. The highest BCUT2D eigenvalue weighted by Gasteiger charge is 2.54. The van der Waals surface area contributed by atoms with Crippen LogP contribution in [0.15, 0.2) is 5.16 Å². The van der Waals surface area contributed by atoms with E-state index in [9.17, 15) is 4.79 Å². The van der Waals surface area contributed by atoms with Crippen LogP contribution in [-0.4, -0.2) is 23.5 Å². The van der Waals surface area contributed by atoms with Gasteiger partial charge in [0.25, 0.3) is 0 Å². The third kappa shape index (κ3) is 2.70. The topological polar surface area (TPSA) is 87.7 Å². The average molecular weight is 241 g/mol. The fraction of sp³-hybridized carbons (Fsp3) is 0.833. The molecule has 0 bridgehead atoms. The Morgan fingerprint density at radius 3 is 2.41 bits per heavy atom. The van der Waals surface area contributed by atoms with Crippen LogP contribution in [-0.2, 0) is 4.79 Å². The first-order chi connectivity index (χ1) is 7.76. The second-order valence-electron chi connectivity index (χ2n) is 5.89. The molecule has 98 valence electrons. The maximum atomic E-state index is 12.0. The lowest BCUT2D eigenvalue weighted by molar-refractivity contribution is -0.124. The summed E-state index contributed by atoms with van der Waals surface area (Å²) in [6.07, 6.45) is 1.33. The lowest BCUT2D eigenvalue weighted by Gasteiger charge is -2.30. The van der Waals surface area contributed by atoms with Crippen molar-refractivity contribution in [1.29, 1.82) is 0 Å². The van der Waals surface area contributed by atoms with Gasteiger partial charge in [0, 0.05) is 6.54 Å². The van der Waals surface area contributed by atoms with Gasteiger partial charge in [0.05, 0.1) is 0 Å². The molecule has 1 aliphatic rings. The van der Waals surface area contributed by atoms with Crippen molar-refractivity contribution in [1.82, 2.24) is 5.32 Å². The van der Waals surface area contributed by atoms with Crippen molar-refractivity contribution in [3.8, 4) is 0 Å². The smallest absolute Gasteiger partial charge is 0.233 e. The third-order valence-corrected chi connectivity index (χ3v) is 4.05. The first-order valence-corrected chi connectivity index (χ1v) is 6.02. The summed E-state index contributed by atoms with van der Waals surface area (Å²) in [5, 5.41) is 14.5. The van der Waals surface area contributed by atoms with Gasteiger partial charge in [-0.05, 0) is 24.2 Å². The van der Waals surface area contributed by atoms with E-state index in [1.54, 1.807) is 0 Å². The van der Waals surface area contributed by atoms with E-state index in [1.165, 1.54) is 0 Å². The van der Waals surface area contributed by atoms with E-state index >= 15 is 0 Å². The number of oxime groups is 1. The molecule has 1 amide bonds. The zero-order valence-corrected chi connectivity index (χ0v) is 11.1. The van der Waals surface area contributed by atoms with Crippen LogP contribution in [0.1, 0.15) is 40.5 Å². The molecule has 0 unspecified atom stereocenters. The van der Waals surface area contributed by atoms with Crippen molar-refractivity contribution in [2.24, 2.45) is 27.6 Å². The fourth-order valence-corrected chi connectivity index (χ4v) is 1.50. The summed E-state index contributed by atoms with van der Waals surface area (Å²) in [6, 6.07) is 0. The van der Waals surface area contributed by atoms with E-state index in [0.29, 0.717) is 25.3 Å². The van der Waals surface area contributed by atoms with E-state index in [4.69, 9.17) is 10.9 Å². The van der Waals surface area contributed by atoms with Crippen LogP contribution in [0.4, 0.5) is 0 Å². The molecule has 0 heterocycles. The summed E-state index contributed by atoms with van der Waals surface area (Å²) in [6.45, 7) is 9.08. The fourth-order valence-electron chi connectivity index (χ4n) is 1.50. The Balaban J connectivity index is 2.58. The molecule has 1 aliphatic carbocycles. The van der Waals surface area contributed by atoms with E-state index in [-0.39, 0.29) is 17.2 Å². The van der Waals surface area contributed by atoms with E-state index in [1.807, 2.05) is 0 Å². The molecule has 1 saturated carbocycles. The molecule has 0 aromatic heterocycles. The molecule has 5 nitrogen and oxygen atoms in total. The van der Waals surface area contributed by atoms with Crippen LogP contribution in [0.2, 0.25) is 0 Å². The number of nitrogens with two attached hydrogens (primary N) is 1. The molecule has 0 aromatic rings. The first-order valence-electron chi connectivity index (χ1n) is 6.02. The van der Waals surface area contributed by atoms with Crippen molar-refractivity contribution < 1.29 is 10.0 Å². The molecule has 5 heteroatoms. The molecule has 0 aliphatic heterocycles. The standard InChI is InChI=1S/C12H23N3O2/c1-8(2)11(3,4)7-14-10(16)12(5-6-12)9(13)15-17/h8,17H,5-7H2,1-4H3,(H2,13,15)(H,14,16).